The molecule has 102 valence electrons. The van der Waals surface area contributed by atoms with E-state index in [1.807, 2.05) is 47.1 Å². The molecule has 0 amide bonds. The number of ether oxygens (including phenoxy) is 1. The zero-order valence-electron chi connectivity index (χ0n) is 11.5. The molecule has 4 nitrogen and oxygen atoms in total. The van der Waals surface area contributed by atoms with Crippen molar-refractivity contribution in [3.8, 4) is 5.75 Å². The van der Waals surface area contributed by atoms with E-state index < -0.39 is 0 Å². The van der Waals surface area contributed by atoms with Crippen molar-refractivity contribution >= 4 is 11.0 Å². The minimum absolute atomic E-state index is 0.678. The number of nitrogens with zero attached hydrogens (tertiary/aromatic N) is 3. The van der Waals surface area contributed by atoms with E-state index in [0.717, 1.165) is 29.7 Å². The van der Waals surface area contributed by atoms with Gasteiger partial charge in [-0.1, -0.05) is 29.5 Å². The van der Waals surface area contributed by atoms with Gasteiger partial charge in [0.2, 0.25) is 0 Å². The Balaban J connectivity index is 1.55. The Morgan fingerprint density at radius 3 is 2.90 bits per heavy atom. The summed E-state index contributed by atoms with van der Waals surface area (Å²) in [4.78, 5) is 0. The van der Waals surface area contributed by atoms with Gasteiger partial charge >= 0.3 is 0 Å². The Morgan fingerprint density at radius 1 is 1.10 bits per heavy atom. The number of hydrogen-bond donors (Lipinski definition) is 0. The second-order valence-corrected chi connectivity index (χ2v) is 4.82. The van der Waals surface area contributed by atoms with Crippen LogP contribution in [0.2, 0.25) is 0 Å². The quantitative estimate of drug-likeness (QED) is 0.666. The maximum absolute atomic E-state index is 5.74. The molecule has 0 aliphatic rings. The third-order valence-electron chi connectivity index (χ3n) is 3.19. The van der Waals surface area contributed by atoms with E-state index >= 15 is 0 Å². The number of fused-ring (bicyclic) bond motifs is 1. The minimum atomic E-state index is 0.678. The molecule has 3 aromatic rings. The van der Waals surface area contributed by atoms with Crippen LogP contribution in [0, 0.1) is 6.92 Å². The van der Waals surface area contributed by atoms with Crippen molar-refractivity contribution in [1.82, 2.24) is 15.0 Å². The molecule has 0 saturated carbocycles. The van der Waals surface area contributed by atoms with Gasteiger partial charge in [0.05, 0.1) is 12.1 Å². The second kappa shape index (κ2) is 5.74. The van der Waals surface area contributed by atoms with Gasteiger partial charge in [-0.15, -0.1) is 5.10 Å². The fourth-order valence-electron chi connectivity index (χ4n) is 2.19. The summed E-state index contributed by atoms with van der Waals surface area (Å²) in [6, 6.07) is 16.1. The summed E-state index contributed by atoms with van der Waals surface area (Å²) in [6.07, 6.45) is 0.904. The first-order chi connectivity index (χ1) is 9.83. The standard InChI is InChI=1S/C16H17N3O/c1-13-6-4-7-14(12-13)20-11-5-10-19-16-9-3-2-8-15(16)17-18-19/h2-4,6-9,12H,5,10-11H2,1H3. The van der Waals surface area contributed by atoms with E-state index in [-0.39, 0.29) is 0 Å². The lowest BCUT2D eigenvalue weighted by atomic mass is 10.2. The van der Waals surface area contributed by atoms with Crippen LogP contribution in [0.4, 0.5) is 0 Å². The fraction of sp³-hybridized carbons (Fsp3) is 0.250. The van der Waals surface area contributed by atoms with Gasteiger partial charge in [0.25, 0.3) is 0 Å². The molecule has 1 aromatic heterocycles. The van der Waals surface area contributed by atoms with Crippen molar-refractivity contribution in [2.45, 2.75) is 19.9 Å². The summed E-state index contributed by atoms with van der Waals surface area (Å²) < 4.78 is 7.66. The van der Waals surface area contributed by atoms with Crippen LogP contribution in [0.3, 0.4) is 0 Å². The highest BCUT2D eigenvalue weighted by Crippen LogP contribution is 2.13. The smallest absolute Gasteiger partial charge is 0.119 e. The SMILES string of the molecule is Cc1cccc(OCCCn2nnc3ccccc32)c1. The normalized spacial score (nSPS) is 10.8. The van der Waals surface area contributed by atoms with Gasteiger partial charge < -0.3 is 4.74 Å². The van der Waals surface area contributed by atoms with Crippen LogP contribution in [0.5, 0.6) is 5.75 Å². The highest BCUT2D eigenvalue weighted by molar-refractivity contribution is 5.73. The molecular weight excluding hydrogens is 250 g/mol. The van der Waals surface area contributed by atoms with E-state index in [0.29, 0.717) is 6.61 Å². The summed E-state index contributed by atoms with van der Waals surface area (Å²) in [5.74, 6) is 0.924. The van der Waals surface area contributed by atoms with Gasteiger partial charge in [-0.3, -0.25) is 0 Å². The van der Waals surface area contributed by atoms with Crippen LogP contribution >= 0.6 is 0 Å². The summed E-state index contributed by atoms with van der Waals surface area (Å²) in [6.45, 7) is 3.55. The molecular formula is C16H17N3O. The molecule has 2 aromatic carbocycles. The van der Waals surface area contributed by atoms with Gasteiger partial charge in [0.1, 0.15) is 11.3 Å². The summed E-state index contributed by atoms with van der Waals surface area (Å²) >= 11 is 0. The third kappa shape index (κ3) is 2.79. The first-order valence-corrected chi connectivity index (χ1v) is 6.80. The van der Waals surface area contributed by atoms with Crippen molar-refractivity contribution in [3.63, 3.8) is 0 Å². The average Bonchev–Trinajstić information content (AvgIpc) is 2.87. The number of aromatic nitrogens is 3. The van der Waals surface area contributed by atoms with Gasteiger partial charge in [-0.25, -0.2) is 4.68 Å². The molecule has 0 aliphatic carbocycles. The highest BCUT2D eigenvalue weighted by Gasteiger charge is 2.02. The van der Waals surface area contributed by atoms with Crippen molar-refractivity contribution in [2.75, 3.05) is 6.61 Å². The van der Waals surface area contributed by atoms with Crippen molar-refractivity contribution in [3.05, 3.63) is 54.1 Å². The van der Waals surface area contributed by atoms with Gasteiger partial charge in [-0.05, 0) is 36.8 Å². The van der Waals surface area contributed by atoms with Gasteiger partial charge in [-0.2, -0.15) is 0 Å². The van der Waals surface area contributed by atoms with Crippen LogP contribution in [0.1, 0.15) is 12.0 Å². The van der Waals surface area contributed by atoms with Crippen molar-refractivity contribution in [1.29, 1.82) is 0 Å². The second-order valence-electron chi connectivity index (χ2n) is 4.82. The highest BCUT2D eigenvalue weighted by atomic mass is 16.5. The zero-order valence-corrected chi connectivity index (χ0v) is 11.5. The Labute approximate surface area is 118 Å². The molecule has 20 heavy (non-hydrogen) atoms. The molecule has 0 bridgehead atoms. The van der Waals surface area contributed by atoms with Crippen LogP contribution in [-0.2, 0) is 6.54 Å². The summed E-state index contributed by atoms with van der Waals surface area (Å²) in [5, 5.41) is 8.30. The maximum Gasteiger partial charge on any atom is 0.119 e. The Bertz CT molecular complexity index is 706. The lowest BCUT2D eigenvalue weighted by Gasteiger charge is -2.07. The van der Waals surface area contributed by atoms with E-state index in [1.165, 1.54) is 5.56 Å². The topological polar surface area (TPSA) is 39.9 Å². The molecule has 0 unspecified atom stereocenters. The van der Waals surface area contributed by atoms with Crippen LogP contribution < -0.4 is 4.74 Å². The largest absolute Gasteiger partial charge is 0.494 e. The van der Waals surface area contributed by atoms with Crippen LogP contribution in [0.25, 0.3) is 11.0 Å². The molecule has 0 aliphatic heterocycles. The lowest BCUT2D eigenvalue weighted by Crippen LogP contribution is -2.06. The van der Waals surface area contributed by atoms with E-state index in [4.69, 9.17) is 4.74 Å². The number of hydrogen-bond acceptors (Lipinski definition) is 3. The first-order valence-electron chi connectivity index (χ1n) is 6.80. The number of rotatable bonds is 5. The van der Waals surface area contributed by atoms with E-state index in [9.17, 15) is 0 Å². The maximum atomic E-state index is 5.74. The molecule has 1 heterocycles. The predicted molar refractivity (Wildman–Crippen MR) is 78.8 cm³/mol. The molecule has 0 spiro atoms. The predicted octanol–water partition coefficient (Wildman–Crippen LogP) is 3.21. The van der Waals surface area contributed by atoms with Gasteiger partial charge in [0.15, 0.2) is 0 Å². The van der Waals surface area contributed by atoms with E-state index in [2.05, 4.69) is 23.3 Å². The molecule has 0 radical (unpaired) electrons. The van der Waals surface area contributed by atoms with Crippen LogP contribution in [-0.4, -0.2) is 21.6 Å². The zero-order chi connectivity index (χ0) is 13.8. The molecule has 0 fully saturated rings. The molecule has 4 heteroatoms. The van der Waals surface area contributed by atoms with E-state index in [1.54, 1.807) is 0 Å². The lowest BCUT2D eigenvalue weighted by molar-refractivity contribution is 0.299. The molecule has 0 N–H and O–H groups in total. The minimum Gasteiger partial charge on any atom is -0.494 e. The van der Waals surface area contributed by atoms with Gasteiger partial charge in [0, 0.05) is 13.0 Å². The number of para-hydroxylation sites is 1. The Hall–Kier alpha value is -2.36. The molecule has 0 saturated heterocycles. The van der Waals surface area contributed by atoms with Crippen LogP contribution in [0.15, 0.2) is 48.5 Å². The third-order valence-corrected chi connectivity index (χ3v) is 3.19. The average molecular weight is 267 g/mol. The number of benzene rings is 2. The summed E-state index contributed by atoms with van der Waals surface area (Å²) in [7, 11) is 0. The number of aryl methyl sites for hydroxylation is 2. The molecule has 3 rings (SSSR count). The molecule has 0 atom stereocenters. The van der Waals surface area contributed by atoms with Crippen molar-refractivity contribution < 1.29 is 4.74 Å². The fourth-order valence-corrected chi connectivity index (χ4v) is 2.19. The Morgan fingerprint density at radius 2 is 2.00 bits per heavy atom. The Kier molecular flexibility index (Phi) is 3.63. The first kappa shape index (κ1) is 12.7. The summed E-state index contributed by atoms with van der Waals surface area (Å²) in [5.41, 5.74) is 3.22. The monoisotopic (exact) mass is 267 g/mol. The van der Waals surface area contributed by atoms with Crippen molar-refractivity contribution in [2.24, 2.45) is 0 Å².